The minimum atomic E-state index is -4.36. The zero-order chi connectivity index (χ0) is 24.1. The highest BCUT2D eigenvalue weighted by Gasteiger charge is 2.30. The number of amides is 1. The van der Waals surface area contributed by atoms with Gasteiger partial charge in [0.2, 0.25) is 10.0 Å². The number of hydrogen-bond acceptors (Lipinski definition) is 4. The zero-order valence-electron chi connectivity index (χ0n) is 17.9. The standard InChI is InChI=1S/C23H26F3N3O3S/c1-2-12-27-33(31,32)21-8-6-18(7-9-21)22(30)28-20-10-13-29(14-11-20)16-17-4-3-5-19(15-17)23(24,25)26/h2-9,15,20,27H,1,10-14,16H2,(H,28,30). The topological polar surface area (TPSA) is 78.5 Å². The summed E-state index contributed by atoms with van der Waals surface area (Å²) >= 11 is 0. The lowest BCUT2D eigenvalue weighted by atomic mass is 10.0. The first kappa shape index (κ1) is 24.9. The van der Waals surface area contributed by atoms with E-state index in [0.717, 1.165) is 6.07 Å². The van der Waals surface area contributed by atoms with Crippen molar-refractivity contribution in [2.75, 3.05) is 19.6 Å². The predicted octanol–water partition coefficient (Wildman–Crippen LogP) is 3.56. The van der Waals surface area contributed by atoms with Gasteiger partial charge in [0.1, 0.15) is 0 Å². The molecular formula is C23H26F3N3O3S. The van der Waals surface area contributed by atoms with Crippen molar-refractivity contribution in [3.8, 4) is 0 Å². The lowest BCUT2D eigenvalue weighted by Crippen LogP contribution is -2.44. The predicted molar refractivity (Wildman–Crippen MR) is 119 cm³/mol. The second kappa shape index (κ2) is 10.5. The van der Waals surface area contributed by atoms with E-state index in [9.17, 15) is 26.4 Å². The van der Waals surface area contributed by atoms with Crippen LogP contribution < -0.4 is 10.0 Å². The third-order valence-corrected chi connectivity index (χ3v) is 6.87. The number of rotatable bonds is 8. The van der Waals surface area contributed by atoms with E-state index in [0.29, 0.717) is 43.6 Å². The van der Waals surface area contributed by atoms with Gasteiger partial charge in [-0.3, -0.25) is 9.69 Å². The van der Waals surface area contributed by atoms with Gasteiger partial charge in [0.15, 0.2) is 0 Å². The average molecular weight is 482 g/mol. The van der Waals surface area contributed by atoms with E-state index in [1.54, 1.807) is 6.07 Å². The van der Waals surface area contributed by atoms with E-state index >= 15 is 0 Å². The van der Waals surface area contributed by atoms with Crippen molar-refractivity contribution in [1.29, 1.82) is 0 Å². The number of likely N-dealkylation sites (tertiary alicyclic amines) is 1. The van der Waals surface area contributed by atoms with Gasteiger partial charge in [-0.25, -0.2) is 13.1 Å². The van der Waals surface area contributed by atoms with Gasteiger partial charge in [0, 0.05) is 37.8 Å². The smallest absolute Gasteiger partial charge is 0.349 e. The maximum absolute atomic E-state index is 12.9. The molecule has 1 heterocycles. The number of piperidine rings is 1. The Bertz CT molecular complexity index is 1080. The maximum atomic E-state index is 12.9. The van der Waals surface area contributed by atoms with Gasteiger partial charge in [-0.15, -0.1) is 6.58 Å². The second-order valence-electron chi connectivity index (χ2n) is 7.89. The summed E-state index contributed by atoms with van der Waals surface area (Å²) in [7, 11) is -3.66. The fourth-order valence-electron chi connectivity index (χ4n) is 3.65. The molecule has 0 spiro atoms. The highest BCUT2D eigenvalue weighted by atomic mass is 32.2. The molecule has 0 aliphatic carbocycles. The molecule has 2 aromatic rings. The number of nitrogens with one attached hydrogen (secondary N) is 2. The van der Waals surface area contributed by atoms with Crippen LogP contribution in [0.15, 0.2) is 66.1 Å². The van der Waals surface area contributed by atoms with Crippen molar-refractivity contribution in [2.24, 2.45) is 0 Å². The molecule has 10 heteroatoms. The first-order valence-corrected chi connectivity index (χ1v) is 12.0. The fourth-order valence-corrected chi connectivity index (χ4v) is 4.64. The molecule has 1 saturated heterocycles. The summed E-state index contributed by atoms with van der Waals surface area (Å²) < 4.78 is 65.3. The Morgan fingerprint density at radius 1 is 1.12 bits per heavy atom. The zero-order valence-corrected chi connectivity index (χ0v) is 18.8. The monoisotopic (exact) mass is 481 g/mol. The number of carbonyl (C=O) groups excluding carboxylic acids is 1. The molecule has 3 rings (SSSR count). The summed E-state index contributed by atoms with van der Waals surface area (Å²) in [5.41, 5.74) is 0.298. The van der Waals surface area contributed by atoms with Crippen molar-refractivity contribution < 1.29 is 26.4 Å². The van der Waals surface area contributed by atoms with Crippen LogP contribution in [0.4, 0.5) is 13.2 Å². The van der Waals surface area contributed by atoms with Crippen molar-refractivity contribution in [3.63, 3.8) is 0 Å². The molecule has 0 unspecified atom stereocenters. The number of hydrogen-bond donors (Lipinski definition) is 2. The van der Waals surface area contributed by atoms with Crippen molar-refractivity contribution in [1.82, 2.24) is 14.9 Å². The van der Waals surface area contributed by atoms with Gasteiger partial charge in [-0.2, -0.15) is 13.2 Å². The summed E-state index contributed by atoms with van der Waals surface area (Å²) in [6, 6.07) is 10.9. The average Bonchev–Trinajstić information content (AvgIpc) is 2.79. The summed E-state index contributed by atoms with van der Waals surface area (Å²) in [6.07, 6.45) is -1.59. The Morgan fingerprint density at radius 2 is 1.79 bits per heavy atom. The van der Waals surface area contributed by atoms with E-state index in [-0.39, 0.29) is 23.4 Å². The quantitative estimate of drug-likeness (QED) is 0.565. The molecule has 0 bridgehead atoms. The molecule has 6 nitrogen and oxygen atoms in total. The maximum Gasteiger partial charge on any atom is 0.416 e. The molecule has 0 saturated carbocycles. The van der Waals surface area contributed by atoms with Crippen LogP contribution in [0.1, 0.15) is 34.3 Å². The molecule has 1 aliphatic heterocycles. The lowest BCUT2D eigenvalue weighted by molar-refractivity contribution is -0.137. The minimum absolute atomic E-state index is 0.0591. The minimum Gasteiger partial charge on any atom is -0.349 e. The number of halogens is 3. The van der Waals surface area contributed by atoms with Gasteiger partial charge in [0.05, 0.1) is 10.5 Å². The van der Waals surface area contributed by atoms with E-state index in [4.69, 9.17) is 0 Å². The first-order chi connectivity index (χ1) is 15.6. The highest BCUT2D eigenvalue weighted by Crippen LogP contribution is 2.30. The SMILES string of the molecule is C=CCNS(=O)(=O)c1ccc(C(=O)NC2CCN(Cc3cccc(C(F)(F)F)c3)CC2)cc1. The van der Waals surface area contributed by atoms with E-state index in [1.165, 1.54) is 42.5 Å². The molecule has 0 aromatic heterocycles. The summed E-state index contributed by atoms with van der Waals surface area (Å²) in [5.74, 6) is -0.297. The van der Waals surface area contributed by atoms with Crippen LogP contribution in [0.3, 0.4) is 0 Å². The molecule has 1 aliphatic rings. The van der Waals surface area contributed by atoms with Gasteiger partial charge >= 0.3 is 6.18 Å². The highest BCUT2D eigenvalue weighted by molar-refractivity contribution is 7.89. The van der Waals surface area contributed by atoms with Crippen molar-refractivity contribution >= 4 is 15.9 Å². The van der Waals surface area contributed by atoms with Crippen LogP contribution in [-0.2, 0) is 22.7 Å². The van der Waals surface area contributed by atoms with Gasteiger partial charge < -0.3 is 5.32 Å². The Morgan fingerprint density at radius 3 is 2.39 bits per heavy atom. The summed E-state index contributed by atoms with van der Waals surface area (Å²) in [5, 5.41) is 2.95. The van der Waals surface area contributed by atoms with E-state index in [2.05, 4.69) is 21.5 Å². The van der Waals surface area contributed by atoms with Crippen molar-refractivity contribution in [3.05, 3.63) is 77.9 Å². The normalized spacial score (nSPS) is 15.8. The number of alkyl halides is 3. The largest absolute Gasteiger partial charge is 0.416 e. The van der Waals surface area contributed by atoms with E-state index in [1.807, 2.05) is 0 Å². The van der Waals surface area contributed by atoms with Gasteiger partial charge in [-0.05, 0) is 48.7 Å². The Kier molecular flexibility index (Phi) is 7.93. The van der Waals surface area contributed by atoms with Crippen LogP contribution in [-0.4, -0.2) is 44.9 Å². The molecular weight excluding hydrogens is 455 g/mol. The molecule has 0 radical (unpaired) electrons. The first-order valence-electron chi connectivity index (χ1n) is 10.5. The molecule has 33 heavy (non-hydrogen) atoms. The fraction of sp³-hybridized carbons (Fsp3) is 0.348. The Hall–Kier alpha value is -2.69. The Labute approximate surface area is 191 Å². The van der Waals surface area contributed by atoms with Crippen LogP contribution >= 0.6 is 0 Å². The van der Waals surface area contributed by atoms with Crippen LogP contribution in [0.5, 0.6) is 0 Å². The molecule has 1 fully saturated rings. The van der Waals surface area contributed by atoms with Gasteiger partial charge in [0.25, 0.3) is 5.91 Å². The van der Waals surface area contributed by atoms with Crippen LogP contribution in [0.25, 0.3) is 0 Å². The molecule has 2 N–H and O–H groups in total. The molecule has 2 aromatic carbocycles. The lowest BCUT2D eigenvalue weighted by Gasteiger charge is -2.32. The molecule has 178 valence electrons. The second-order valence-corrected chi connectivity index (χ2v) is 9.65. The van der Waals surface area contributed by atoms with Gasteiger partial charge in [-0.1, -0.05) is 24.3 Å². The number of nitrogens with zero attached hydrogens (tertiary/aromatic N) is 1. The number of sulfonamides is 1. The summed E-state index contributed by atoms with van der Waals surface area (Å²) in [6.45, 7) is 5.28. The van der Waals surface area contributed by atoms with Crippen LogP contribution in [0, 0.1) is 0 Å². The van der Waals surface area contributed by atoms with Crippen LogP contribution in [0.2, 0.25) is 0 Å². The Balaban J connectivity index is 1.51. The third-order valence-electron chi connectivity index (χ3n) is 5.43. The third kappa shape index (κ3) is 6.89. The number of benzene rings is 2. The molecule has 1 amide bonds. The molecule has 0 atom stereocenters. The summed E-state index contributed by atoms with van der Waals surface area (Å²) in [4.78, 5) is 14.7. The number of carbonyl (C=O) groups is 1. The van der Waals surface area contributed by atoms with Crippen molar-refractivity contribution in [2.45, 2.75) is 36.5 Å². The van der Waals surface area contributed by atoms with E-state index < -0.39 is 21.8 Å².